The fourth-order valence-corrected chi connectivity index (χ4v) is 3.35. The second-order valence-electron chi connectivity index (χ2n) is 4.87. The molecule has 0 saturated carbocycles. The molecule has 0 aliphatic heterocycles. The van der Waals surface area contributed by atoms with Crippen LogP contribution in [0.15, 0.2) is 41.8 Å². The number of pyridine rings is 1. The number of nitrogens with zero attached hydrogens (tertiary/aromatic N) is 2. The molecule has 108 valence electrons. The third kappa shape index (κ3) is 2.57. The van der Waals surface area contributed by atoms with Gasteiger partial charge in [-0.3, -0.25) is 0 Å². The van der Waals surface area contributed by atoms with Crippen molar-refractivity contribution in [3.8, 4) is 27.8 Å². The van der Waals surface area contributed by atoms with E-state index in [1.54, 1.807) is 11.3 Å². The quantitative estimate of drug-likeness (QED) is 0.729. The molecule has 5 heteroatoms. The number of benzene rings is 1. The second kappa shape index (κ2) is 5.80. The van der Waals surface area contributed by atoms with Crippen molar-refractivity contribution in [2.24, 2.45) is 0 Å². The molecule has 1 aromatic carbocycles. The van der Waals surface area contributed by atoms with Crippen LogP contribution in [0.1, 0.15) is 11.1 Å². The Morgan fingerprint density at radius 2 is 1.95 bits per heavy atom. The zero-order valence-corrected chi connectivity index (χ0v) is 13.4. The van der Waals surface area contributed by atoms with E-state index in [1.165, 1.54) is 0 Å². The highest BCUT2D eigenvalue weighted by atomic mass is 35.5. The molecule has 0 amide bonds. The fraction of sp³-hybridized carbons (Fsp3) is 0.0588. The third-order valence-electron chi connectivity index (χ3n) is 3.41. The highest BCUT2D eigenvalue weighted by Gasteiger charge is 2.15. The van der Waals surface area contributed by atoms with E-state index in [-0.39, 0.29) is 5.82 Å². The maximum absolute atomic E-state index is 9.40. The molecule has 0 spiro atoms. The number of halogens is 1. The predicted molar refractivity (Wildman–Crippen MR) is 91.9 cm³/mol. The van der Waals surface area contributed by atoms with Crippen molar-refractivity contribution >= 4 is 28.8 Å². The van der Waals surface area contributed by atoms with Gasteiger partial charge in [-0.15, -0.1) is 11.3 Å². The smallest absolute Gasteiger partial charge is 0.142 e. The number of rotatable bonds is 2. The van der Waals surface area contributed by atoms with Crippen LogP contribution < -0.4 is 5.73 Å². The van der Waals surface area contributed by atoms with Gasteiger partial charge in [-0.2, -0.15) is 5.26 Å². The van der Waals surface area contributed by atoms with Crippen molar-refractivity contribution in [3.05, 3.63) is 57.9 Å². The number of aryl methyl sites for hydroxylation is 1. The molecule has 0 atom stereocenters. The van der Waals surface area contributed by atoms with Crippen LogP contribution in [0, 0.1) is 18.3 Å². The minimum atomic E-state index is 0.248. The molecule has 0 aliphatic carbocycles. The van der Waals surface area contributed by atoms with Crippen molar-refractivity contribution in [1.29, 1.82) is 5.26 Å². The summed E-state index contributed by atoms with van der Waals surface area (Å²) >= 11 is 7.52. The minimum Gasteiger partial charge on any atom is -0.383 e. The van der Waals surface area contributed by atoms with Crippen LogP contribution in [-0.4, -0.2) is 4.98 Å². The summed E-state index contributed by atoms with van der Waals surface area (Å²) < 4.78 is 0. The maximum atomic E-state index is 9.40. The summed E-state index contributed by atoms with van der Waals surface area (Å²) in [4.78, 5) is 5.40. The SMILES string of the molecule is Cc1ccsc1-c1cc(-c2ccc(Cl)cc2)nc(N)c1C#N. The second-order valence-corrected chi connectivity index (χ2v) is 6.22. The summed E-state index contributed by atoms with van der Waals surface area (Å²) in [7, 11) is 0. The zero-order valence-electron chi connectivity index (χ0n) is 11.8. The van der Waals surface area contributed by atoms with Crippen molar-refractivity contribution in [1.82, 2.24) is 4.98 Å². The van der Waals surface area contributed by atoms with E-state index in [4.69, 9.17) is 17.3 Å². The van der Waals surface area contributed by atoms with E-state index in [0.717, 1.165) is 27.3 Å². The van der Waals surface area contributed by atoms with Gasteiger partial charge in [0.15, 0.2) is 0 Å². The zero-order chi connectivity index (χ0) is 15.7. The van der Waals surface area contributed by atoms with Crippen LogP contribution >= 0.6 is 22.9 Å². The van der Waals surface area contributed by atoms with E-state index in [0.29, 0.717) is 10.6 Å². The number of hydrogen-bond acceptors (Lipinski definition) is 4. The van der Waals surface area contributed by atoms with Gasteiger partial charge < -0.3 is 5.73 Å². The Kier molecular flexibility index (Phi) is 3.84. The van der Waals surface area contributed by atoms with Gasteiger partial charge in [-0.1, -0.05) is 23.7 Å². The Morgan fingerprint density at radius 3 is 2.55 bits per heavy atom. The van der Waals surface area contributed by atoms with Gasteiger partial charge in [-0.25, -0.2) is 4.98 Å². The van der Waals surface area contributed by atoms with Crippen LogP contribution in [0.4, 0.5) is 5.82 Å². The lowest BCUT2D eigenvalue weighted by atomic mass is 10.0. The van der Waals surface area contributed by atoms with Crippen molar-refractivity contribution in [3.63, 3.8) is 0 Å². The number of thiophene rings is 1. The minimum absolute atomic E-state index is 0.248. The average molecular weight is 326 g/mol. The van der Waals surface area contributed by atoms with Crippen molar-refractivity contribution < 1.29 is 0 Å². The Hall–Kier alpha value is -2.35. The first kappa shape index (κ1) is 14.6. The van der Waals surface area contributed by atoms with Gasteiger partial charge in [0.1, 0.15) is 17.5 Å². The lowest BCUT2D eigenvalue weighted by Crippen LogP contribution is -1.99. The van der Waals surface area contributed by atoms with Gasteiger partial charge in [0.25, 0.3) is 0 Å². The highest BCUT2D eigenvalue weighted by Crippen LogP contribution is 2.36. The Labute approximate surface area is 137 Å². The van der Waals surface area contributed by atoms with E-state index in [1.807, 2.05) is 48.7 Å². The molecule has 0 fully saturated rings. The van der Waals surface area contributed by atoms with Crippen molar-refractivity contribution in [2.75, 3.05) is 5.73 Å². The summed E-state index contributed by atoms with van der Waals surface area (Å²) in [6.07, 6.45) is 0. The molecule has 0 bridgehead atoms. The molecular formula is C17H12ClN3S. The maximum Gasteiger partial charge on any atom is 0.142 e. The Bertz CT molecular complexity index is 876. The van der Waals surface area contributed by atoms with Crippen LogP contribution in [0.3, 0.4) is 0 Å². The lowest BCUT2D eigenvalue weighted by Gasteiger charge is -2.10. The monoisotopic (exact) mass is 325 g/mol. The van der Waals surface area contributed by atoms with Crippen LogP contribution in [0.2, 0.25) is 5.02 Å². The number of nitrogen functional groups attached to an aromatic ring is 1. The standard InChI is InChI=1S/C17H12ClN3S/c1-10-6-7-22-16(10)13-8-15(21-17(20)14(13)9-19)11-2-4-12(18)5-3-11/h2-8H,1H3,(H2,20,21). The third-order valence-corrected chi connectivity index (χ3v) is 4.71. The molecule has 0 radical (unpaired) electrons. The van der Waals surface area contributed by atoms with Gasteiger partial charge in [-0.05, 0) is 42.1 Å². The van der Waals surface area contributed by atoms with Crippen molar-refractivity contribution in [2.45, 2.75) is 6.92 Å². The molecule has 0 unspecified atom stereocenters. The molecule has 22 heavy (non-hydrogen) atoms. The molecule has 0 aliphatic rings. The highest BCUT2D eigenvalue weighted by molar-refractivity contribution is 7.13. The van der Waals surface area contributed by atoms with Gasteiger partial charge in [0, 0.05) is 21.0 Å². The average Bonchev–Trinajstić information content (AvgIpc) is 2.93. The molecule has 0 saturated heterocycles. The molecule has 2 heterocycles. The first-order chi connectivity index (χ1) is 10.6. The number of nitriles is 1. The lowest BCUT2D eigenvalue weighted by molar-refractivity contribution is 1.31. The summed E-state index contributed by atoms with van der Waals surface area (Å²) in [6, 6.07) is 13.5. The first-order valence-electron chi connectivity index (χ1n) is 6.61. The Balaban J connectivity index is 2.23. The van der Waals surface area contributed by atoms with Gasteiger partial charge >= 0.3 is 0 Å². The molecule has 3 aromatic rings. The summed E-state index contributed by atoms with van der Waals surface area (Å²) in [5, 5.41) is 12.1. The number of aromatic nitrogens is 1. The number of nitrogens with two attached hydrogens (primary N) is 1. The van der Waals surface area contributed by atoms with Crippen LogP contribution in [0.5, 0.6) is 0 Å². The van der Waals surface area contributed by atoms with Gasteiger partial charge in [0.05, 0.1) is 5.69 Å². The summed E-state index contributed by atoms with van der Waals surface area (Å²) in [5.74, 6) is 0.248. The predicted octanol–water partition coefficient (Wildman–Crippen LogP) is 4.89. The van der Waals surface area contributed by atoms with E-state index >= 15 is 0 Å². The largest absolute Gasteiger partial charge is 0.383 e. The normalized spacial score (nSPS) is 10.4. The fourth-order valence-electron chi connectivity index (χ4n) is 2.28. The molecule has 3 nitrogen and oxygen atoms in total. The van der Waals surface area contributed by atoms with Crippen LogP contribution in [0.25, 0.3) is 21.7 Å². The molecule has 2 aromatic heterocycles. The van der Waals surface area contributed by atoms with Crippen LogP contribution in [-0.2, 0) is 0 Å². The Morgan fingerprint density at radius 1 is 1.23 bits per heavy atom. The van der Waals surface area contributed by atoms with E-state index in [9.17, 15) is 5.26 Å². The topological polar surface area (TPSA) is 62.7 Å². The molecule has 3 rings (SSSR count). The number of hydrogen-bond donors (Lipinski definition) is 1. The summed E-state index contributed by atoms with van der Waals surface area (Å²) in [5.41, 5.74) is 10.0. The molecular weight excluding hydrogens is 314 g/mol. The molecule has 2 N–H and O–H groups in total. The number of anilines is 1. The summed E-state index contributed by atoms with van der Waals surface area (Å²) in [6.45, 7) is 2.02. The first-order valence-corrected chi connectivity index (χ1v) is 7.87. The van der Waals surface area contributed by atoms with E-state index < -0.39 is 0 Å². The van der Waals surface area contributed by atoms with Gasteiger partial charge in [0.2, 0.25) is 0 Å². The van der Waals surface area contributed by atoms with E-state index in [2.05, 4.69) is 11.1 Å².